The molecule has 0 spiro atoms. The fraction of sp³-hybridized carbons (Fsp3) is 0.200. The first kappa shape index (κ1) is 5.44. The monoisotopic (exact) mass is 129 g/mol. The fourth-order valence-corrected chi connectivity index (χ4v) is 1.03. The van der Waals surface area contributed by atoms with Crippen molar-refractivity contribution in [1.82, 2.24) is 0 Å². The van der Waals surface area contributed by atoms with Gasteiger partial charge in [-0.2, -0.15) is 0 Å². The van der Waals surface area contributed by atoms with Gasteiger partial charge in [0.15, 0.2) is 5.06 Å². The third kappa shape index (κ3) is 0.924. The van der Waals surface area contributed by atoms with Crippen LogP contribution in [0.5, 0.6) is 5.06 Å². The molecule has 0 aliphatic heterocycles. The topological polar surface area (TPSA) is 35.2 Å². The van der Waals surface area contributed by atoms with E-state index in [1.165, 1.54) is 11.3 Å². The molecule has 2 nitrogen and oxygen atoms in total. The zero-order valence-electron chi connectivity index (χ0n) is 4.55. The van der Waals surface area contributed by atoms with Gasteiger partial charge in [-0.1, -0.05) is 11.3 Å². The van der Waals surface area contributed by atoms with Crippen LogP contribution in [0.1, 0.15) is 0 Å². The number of rotatable bonds is 1. The summed E-state index contributed by atoms with van der Waals surface area (Å²) >= 11 is 1.44. The number of hydrogen-bond acceptors (Lipinski definition) is 3. The molecule has 3 heteroatoms. The van der Waals surface area contributed by atoms with E-state index in [0.717, 1.165) is 10.1 Å². The number of ether oxygens (including phenoxy) is 1. The van der Waals surface area contributed by atoms with E-state index < -0.39 is 0 Å². The summed E-state index contributed by atoms with van der Waals surface area (Å²) in [6.45, 7) is 0. The van der Waals surface area contributed by atoms with Crippen molar-refractivity contribution in [3.63, 3.8) is 0 Å². The zero-order valence-corrected chi connectivity index (χ0v) is 5.37. The van der Waals surface area contributed by atoms with Gasteiger partial charge in [-0.15, -0.1) is 0 Å². The SMILES string of the molecule is COc1ccc(N)s1. The standard InChI is InChI=1S/C5H7NOS/c1-7-5-3-2-4(6)8-5/h2-3H,6H2,1H3. The number of thiophene rings is 1. The first-order valence-corrected chi connectivity index (χ1v) is 3.04. The lowest BCUT2D eigenvalue weighted by Gasteiger charge is -1.87. The Morgan fingerprint density at radius 1 is 1.62 bits per heavy atom. The number of nitrogens with two attached hydrogens (primary N) is 1. The van der Waals surface area contributed by atoms with E-state index in [0.29, 0.717) is 0 Å². The highest BCUT2D eigenvalue weighted by Gasteiger charge is 1.91. The normalized spacial score (nSPS) is 9.12. The quantitative estimate of drug-likeness (QED) is 0.621. The van der Waals surface area contributed by atoms with Crippen molar-refractivity contribution in [2.75, 3.05) is 12.8 Å². The van der Waals surface area contributed by atoms with Crippen molar-refractivity contribution in [2.24, 2.45) is 0 Å². The minimum Gasteiger partial charge on any atom is -0.487 e. The molecule has 0 amide bonds. The predicted molar refractivity (Wildman–Crippen MR) is 35.3 cm³/mol. The number of nitrogen functional groups attached to an aromatic ring is 1. The van der Waals surface area contributed by atoms with E-state index in [-0.39, 0.29) is 0 Å². The van der Waals surface area contributed by atoms with Crippen LogP contribution in [0.25, 0.3) is 0 Å². The highest BCUT2D eigenvalue weighted by atomic mass is 32.1. The van der Waals surface area contributed by atoms with Gasteiger partial charge in [0.25, 0.3) is 0 Å². The van der Waals surface area contributed by atoms with Gasteiger partial charge in [0, 0.05) is 0 Å². The van der Waals surface area contributed by atoms with Gasteiger partial charge >= 0.3 is 0 Å². The van der Waals surface area contributed by atoms with E-state index in [1.807, 2.05) is 12.1 Å². The highest BCUT2D eigenvalue weighted by Crippen LogP contribution is 2.24. The van der Waals surface area contributed by atoms with Gasteiger partial charge < -0.3 is 10.5 Å². The molecule has 1 heterocycles. The second-order valence-corrected chi connectivity index (χ2v) is 2.44. The summed E-state index contributed by atoms with van der Waals surface area (Å²) < 4.78 is 4.87. The third-order valence-corrected chi connectivity index (χ3v) is 1.68. The Balaban J connectivity index is 2.84. The third-order valence-electron chi connectivity index (χ3n) is 0.803. The van der Waals surface area contributed by atoms with Crippen LogP contribution < -0.4 is 10.5 Å². The van der Waals surface area contributed by atoms with Crippen molar-refractivity contribution < 1.29 is 4.74 Å². The van der Waals surface area contributed by atoms with Gasteiger partial charge in [-0.05, 0) is 12.1 Å². The molecule has 0 saturated carbocycles. The largest absolute Gasteiger partial charge is 0.487 e. The molecule has 0 atom stereocenters. The molecule has 0 aliphatic carbocycles. The molecule has 0 fully saturated rings. The van der Waals surface area contributed by atoms with Crippen LogP contribution in [0.4, 0.5) is 5.00 Å². The Morgan fingerprint density at radius 3 is 2.62 bits per heavy atom. The van der Waals surface area contributed by atoms with Crippen LogP contribution in [0.3, 0.4) is 0 Å². The van der Waals surface area contributed by atoms with Gasteiger partial charge in [0.2, 0.25) is 0 Å². The lowest BCUT2D eigenvalue weighted by atomic mass is 10.6. The van der Waals surface area contributed by atoms with Crippen LogP contribution in [0, 0.1) is 0 Å². The minimum absolute atomic E-state index is 0.793. The molecule has 1 aromatic rings. The molecule has 44 valence electrons. The predicted octanol–water partition coefficient (Wildman–Crippen LogP) is 1.34. The zero-order chi connectivity index (χ0) is 5.98. The molecular formula is C5H7NOS. The van der Waals surface area contributed by atoms with Gasteiger partial charge in [0.1, 0.15) is 0 Å². The van der Waals surface area contributed by atoms with E-state index in [4.69, 9.17) is 10.5 Å². The lowest BCUT2D eigenvalue weighted by Crippen LogP contribution is -1.74. The maximum Gasteiger partial charge on any atom is 0.175 e. The van der Waals surface area contributed by atoms with Crippen molar-refractivity contribution in [1.29, 1.82) is 0 Å². The molecule has 8 heavy (non-hydrogen) atoms. The van der Waals surface area contributed by atoms with Gasteiger partial charge in [0.05, 0.1) is 12.1 Å². The lowest BCUT2D eigenvalue weighted by molar-refractivity contribution is 0.427. The number of hydrogen-bond donors (Lipinski definition) is 1. The van der Waals surface area contributed by atoms with Gasteiger partial charge in [-0.3, -0.25) is 0 Å². The molecule has 0 saturated heterocycles. The molecule has 0 aliphatic rings. The Kier molecular flexibility index (Phi) is 1.39. The first-order valence-electron chi connectivity index (χ1n) is 2.22. The van der Waals surface area contributed by atoms with Crippen molar-refractivity contribution in [3.8, 4) is 5.06 Å². The van der Waals surface area contributed by atoms with E-state index in [2.05, 4.69) is 0 Å². The number of anilines is 1. The molecular weight excluding hydrogens is 122 g/mol. The summed E-state index contributed by atoms with van der Waals surface area (Å²) in [4.78, 5) is 0. The van der Waals surface area contributed by atoms with Crippen molar-refractivity contribution in [3.05, 3.63) is 12.1 Å². The Morgan fingerprint density at radius 2 is 2.38 bits per heavy atom. The molecule has 1 aromatic heterocycles. The summed E-state index contributed by atoms with van der Waals surface area (Å²) in [6.07, 6.45) is 0. The van der Waals surface area contributed by atoms with Crippen molar-refractivity contribution >= 4 is 16.3 Å². The fourth-order valence-electron chi connectivity index (χ4n) is 0.444. The summed E-state index contributed by atoms with van der Waals surface area (Å²) in [5, 5.41) is 1.66. The Labute approximate surface area is 51.9 Å². The van der Waals surface area contributed by atoms with E-state index in [9.17, 15) is 0 Å². The molecule has 2 N–H and O–H groups in total. The average Bonchev–Trinajstić information content (AvgIpc) is 2.14. The Bertz CT molecular complexity index is 173. The smallest absolute Gasteiger partial charge is 0.175 e. The summed E-state index contributed by atoms with van der Waals surface area (Å²) in [6, 6.07) is 3.67. The minimum atomic E-state index is 0.793. The maximum absolute atomic E-state index is 5.39. The summed E-state index contributed by atoms with van der Waals surface area (Å²) in [7, 11) is 1.63. The molecule has 0 unspecified atom stereocenters. The molecule has 0 radical (unpaired) electrons. The van der Waals surface area contributed by atoms with Crippen LogP contribution in [-0.2, 0) is 0 Å². The highest BCUT2D eigenvalue weighted by molar-refractivity contribution is 7.17. The number of methoxy groups -OCH3 is 1. The summed E-state index contributed by atoms with van der Waals surface area (Å²) in [5.74, 6) is 0. The molecule has 1 rings (SSSR count). The van der Waals surface area contributed by atoms with Crippen LogP contribution in [-0.4, -0.2) is 7.11 Å². The molecule has 0 bridgehead atoms. The summed E-state index contributed by atoms with van der Waals surface area (Å²) in [5.41, 5.74) is 5.39. The maximum atomic E-state index is 5.39. The van der Waals surface area contributed by atoms with E-state index in [1.54, 1.807) is 7.11 Å². The Hall–Kier alpha value is -0.700. The van der Waals surface area contributed by atoms with Crippen LogP contribution in [0.2, 0.25) is 0 Å². The van der Waals surface area contributed by atoms with Crippen molar-refractivity contribution in [2.45, 2.75) is 0 Å². The second kappa shape index (κ2) is 2.05. The van der Waals surface area contributed by atoms with Crippen LogP contribution >= 0.6 is 11.3 Å². The second-order valence-electron chi connectivity index (χ2n) is 1.36. The van der Waals surface area contributed by atoms with Crippen LogP contribution in [0.15, 0.2) is 12.1 Å². The first-order chi connectivity index (χ1) is 3.83. The van der Waals surface area contributed by atoms with Gasteiger partial charge in [-0.25, -0.2) is 0 Å². The van der Waals surface area contributed by atoms with E-state index >= 15 is 0 Å². The average molecular weight is 129 g/mol. The molecule has 0 aromatic carbocycles.